The summed E-state index contributed by atoms with van der Waals surface area (Å²) in [7, 11) is 1.73. The van der Waals surface area contributed by atoms with Crippen LogP contribution in [0.2, 0.25) is 5.15 Å². The lowest BCUT2D eigenvalue weighted by molar-refractivity contribution is 0.102. The van der Waals surface area contributed by atoms with Crippen molar-refractivity contribution >= 4 is 29.0 Å². The zero-order chi connectivity index (χ0) is 15.4. The number of pyridine rings is 1. The molecule has 1 amide bonds. The van der Waals surface area contributed by atoms with Crippen molar-refractivity contribution in [1.82, 2.24) is 4.98 Å². The molecule has 0 aliphatic rings. The second kappa shape index (κ2) is 6.59. The molecule has 0 unspecified atom stereocenters. The molecule has 1 aromatic heterocycles. The van der Waals surface area contributed by atoms with E-state index in [0.29, 0.717) is 17.3 Å². The number of rotatable bonds is 4. The number of carbonyl (C=O) groups excluding carboxylic acids is 1. The molecule has 1 heterocycles. The van der Waals surface area contributed by atoms with Crippen molar-refractivity contribution in [3.63, 3.8) is 0 Å². The highest BCUT2D eigenvalue weighted by Crippen LogP contribution is 2.24. The van der Waals surface area contributed by atoms with Gasteiger partial charge in [0.2, 0.25) is 0 Å². The molecule has 0 aliphatic heterocycles. The van der Waals surface area contributed by atoms with Gasteiger partial charge in [0.25, 0.3) is 5.91 Å². The number of para-hydroxylation sites is 1. The van der Waals surface area contributed by atoms with Crippen molar-refractivity contribution in [2.24, 2.45) is 0 Å². The van der Waals surface area contributed by atoms with Crippen LogP contribution in [-0.4, -0.2) is 17.9 Å². The summed E-state index contributed by atoms with van der Waals surface area (Å²) < 4.78 is 0. The third-order valence-electron chi connectivity index (χ3n) is 3.14. The van der Waals surface area contributed by atoms with Gasteiger partial charge in [0.15, 0.2) is 0 Å². The molecule has 2 aromatic rings. The lowest BCUT2D eigenvalue weighted by atomic mass is 10.0. The predicted octanol–water partition coefficient (Wildman–Crippen LogP) is 4.15. The van der Waals surface area contributed by atoms with Gasteiger partial charge in [0.1, 0.15) is 11.0 Å². The predicted molar refractivity (Wildman–Crippen MR) is 87.3 cm³/mol. The van der Waals surface area contributed by atoms with E-state index in [1.807, 2.05) is 24.3 Å². The number of halogens is 1. The van der Waals surface area contributed by atoms with Gasteiger partial charge in [-0.2, -0.15) is 0 Å². The molecule has 0 bridgehead atoms. The maximum atomic E-state index is 12.4. The third kappa shape index (κ3) is 3.73. The summed E-state index contributed by atoms with van der Waals surface area (Å²) in [5.74, 6) is 0.684. The molecule has 0 radical (unpaired) electrons. The number of amides is 1. The Bertz CT molecular complexity index is 656. The van der Waals surface area contributed by atoms with Gasteiger partial charge in [0.05, 0.1) is 0 Å². The van der Waals surface area contributed by atoms with Gasteiger partial charge in [-0.05, 0) is 29.7 Å². The van der Waals surface area contributed by atoms with E-state index in [4.69, 9.17) is 11.6 Å². The minimum absolute atomic E-state index is 0.205. The van der Waals surface area contributed by atoms with Crippen molar-refractivity contribution in [2.75, 3.05) is 17.7 Å². The lowest BCUT2D eigenvalue weighted by Crippen LogP contribution is -2.14. The number of benzene rings is 1. The average Bonchev–Trinajstić information content (AvgIpc) is 2.46. The van der Waals surface area contributed by atoms with Crippen molar-refractivity contribution in [1.29, 1.82) is 0 Å². The Kier molecular flexibility index (Phi) is 4.81. The molecule has 110 valence electrons. The number of hydrogen-bond acceptors (Lipinski definition) is 3. The first-order valence-electron chi connectivity index (χ1n) is 6.77. The molecular weight excluding hydrogens is 286 g/mol. The molecule has 0 spiro atoms. The molecule has 0 fully saturated rings. The summed E-state index contributed by atoms with van der Waals surface area (Å²) >= 11 is 5.93. The van der Waals surface area contributed by atoms with Gasteiger partial charge in [-0.15, -0.1) is 0 Å². The van der Waals surface area contributed by atoms with Gasteiger partial charge in [-0.1, -0.05) is 43.6 Å². The summed E-state index contributed by atoms with van der Waals surface area (Å²) in [6.45, 7) is 4.18. The second-order valence-corrected chi connectivity index (χ2v) is 5.40. The summed E-state index contributed by atoms with van der Waals surface area (Å²) in [5.41, 5.74) is 2.38. The molecule has 2 N–H and O–H groups in total. The Morgan fingerprint density at radius 2 is 1.95 bits per heavy atom. The van der Waals surface area contributed by atoms with Crippen molar-refractivity contribution in [3.05, 3.63) is 52.7 Å². The maximum Gasteiger partial charge on any atom is 0.255 e. The van der Waals surface area contributed by atoms with Gasteiger partial charge < -0.3 is 10.6 Å². The Morgan fingerprint density at radius 1 is 1.24 bits per heavy atom. The maximum absolute atomic E-state index is 12.4. The van der Waals surface area contributed by atoms with Crippen LogP contribution < -0.4 is 10.6 Å². The standard InChI is InChI=1S/C16H18ClN3O/c1-10(2)12-6-4-5-7-13(12)19-16(21)11-8-14(17)20-15(9-11)18-3/h4-10H,1-3H3,(H,18,20)(H,19,21). The molecule has 21 heavy (non-hydrogen) atoms. The molecule has 1 aromatic carbocycles. The lowest BCUT2D eigenvalue weighted by Gasteiger charge is -2.14. The van der Waals surface area contributed by atoms with Gasteiger partial charge in [-0.25, -0.2) is 4.98 Å². The van der Waals surface area contributed by atoms with Crippen LogP contribution >= 0.6 is 11.6 Å². The first-order valence-corrected chi connectivity index (χ1v) is 7.14. The normalized spacial score (nSPS) is 10.5. The van der Waals surface area contributed by atoms with Gasteiger partial charge in [0, 0.05) is 18.3 Å². The van der Waals surface area contributed by atoms with E-state index in [-0.39, 0.29) is 11.1 Å². The topological polar surface area (TPSA) is 54.0 Å². The summed E-state index contributed by atoms with van der Waals surface area (Å²) in [5, 5.41) is 6.10. The molecule has 4 nitrogen and oxygen atoms in total. The number of nitrogens with zero attached hydrogens (tertiary/aromatic N) is 1. The highest BCUT2D eigenvalue weighted by molar-refractivity contribution is 6.30. The fraction of sp³-hybridized carbons (Fsp3) is 0.250. The highest BCUT2D eigenvalue weighted by Gasteiger charge is 2.12. The Labute approximate surface area is 129 Å². The van der Waals surface area contributed by atoms with Gasteiger partial charge in [-0.3, -0.25) is 4.79 Å². The van der Waals surface area contributed by atoms with Crippen LogP contribution in [0.5, 0.6) is 0 Å². The van der Waals surface area contributed by atoms with Crippen LogP contribution in [0.4, 0.5) is 11.5 Å². The SMILES string of the molecule is CNc1cc(C(=O)Nc2ccccc2C(C)C)cc(Cl)n1. The number of hydrogen-bond donors (Lipinski definition) is 2. The van der Waals surface area contributed by atoms with Crippen LogP contribution in [0.15, 0.2) is 36.4 Å². The van der Waals surface area contributed by atoms with E-state index in [1.165, 1.54) is 0 Å². The minimum Gasteiger partial charge on any atom is -0.373 e. The van der Waals surface area contributed by atoms with Crippen LogP contribution in [0.3, 0.4) is 0 Å². The third-order valence-corrected chi connectivity index (χ3v) is 3.34. The van der Waals surface area contributed by atoms with Crippen LogP contribution in [-0.2, 0) is 0 Å². The fourth-order valence-electron chi connectivity index (χ4n) is 2.06. The average molecular weight is 304 g/mol. The van der Waals surface area contributed by atoms with Crippen molar-refractivity contribution < 1.29 is 4.79 Å². The highest BCUT2D eigenvalue weighted by atomic mass is 35.5. The van der Waals surface area contributed by atoms with Crippen molar-refractivity contribution in [2.45, 2.75) is 19.8 Å². The van der Waals surface area contributed by atoms with Crippen LogP contribution in [0.1, 0.15) is 35.7 Å². The van der Waals surface area contributed by atoms with E-state index in [0.717, 1.165) is 11.3 Å². The van der Waals surface area contributed by atoms with E-state index in [9.17, 15) is 4.79 Å². The van der Waals surface area contributed by atoms with Crippen molar-refractivity contribution in [3.8, 4) is 0 Å². The number of anilines is 2. The number of nitrogens with one attached hydrogen (secondary N) is 2. The molecule has 0 atom stereocenters. The Balaban J connectivity index is 2.28. The number of aromatic nitrogens is 1. The zero-order valence-electron chi connectivity index (χ0n) is 12.3. The molecule has 2 rings (SSSR count). The Hall–Kier alpha value is -2.07. The second-order valence-electron chi connectivity index (χ2n) is 5.01. The first kappa shape index (κ1) is 15.3. The van der Waals surface area contributed by atoms with Crippen LogP contribution in [0.25, 0.3) is 0 Å². The first-order chi connectivity index (χ1) is 10.0. The summed E-state index contributed by atoms with van der Waals surface area (Å²) in [4.78, 5) is 16.4. The van der Waals surface area contributed by atoms with E-state index < -0.39 is 0 Å². The Morgan fingerprint density at radius 3 is 2.62 bits per heavy atom. The van der Waals surface area contributed by atoms with E-state index in [2.05, 4.69) is 29.5 Å². The van der Waals surface area contributed by atoms with E-state index in [1.54, 1.807) is 19.2 Å². The zero-order valence-corrected chi connectivity index (χ0v) is 13.0. The van der Waals surface area contributed by atoms with Gasteiger partial charge >= 0.3 is 0 Å². The minimum atomic E-state index is -0.205. The molecule has 0 saturated heterocycles. The molecule has 5 heteroatoms. The summed E-state index contributed by atoms with van der Waals surface area (Å²) in [6.07, 6.45) is 0. The molecule has 0 aliphatic carbocycles. The van der Waals surface area contributed by atoms with E-state index >= 15 is 0 Å². The summed E-state index contributed by atoms with van der Waals surface area (Å²) in [6, 6.07) is 11.0. The molecular formula is C16H18ClN3O. The van der Waals surface area contributed by atoms with Crippen LogP contribution in [0, 0.1) is 0 Å². The quantitative estimate of drug-likeness (QED) is 0.834. The largest absolute Gasteiger partial charge is 0.373 e. The molecule has 0 saturated carbocycles. The fourth-order valence-corrected chi connectivity index (χ4v) is 2.27. The number of carbonyl (C=O) groups is 1. The monoisotopic (exact) mass is 303 g/mol. The smallest absolute Gasteiger partial charge is 0.255 e.